The van der Waals surface area contributed by atoms with Gasteiger partial charge in [-0.2, -0.15) is 0 Å². The van der Waals surface area contributed by atoms with Crippen molar-refractivity contribution in [2.45, 2.75) is 12.8 Å². The van der Waals surface area contributed by atoms with E-state index in [1.807, 2.05) is 30.3 Å². The highest BCUT2D eigenvalue weighted by Crippen LogP contribution is 2.32. The minimum absolute atomic E-state index is 0.117. The van der Waals surface area contributed by atoms with Crippen LogP contribution in [-0.4, -0.2) is 5.91 Å². The monoisotopic (exact) mass is 327 g/mol. The lowest BCUT2D eigenvalue weighted by molar-refractivity contribution is -0.116. The van der Waals surface area contributed by atoms with Crippen LogP contribution in [0.25, 0.3) is 0 Å². The van der Waals surface area contributed by atoms with Gasteiger partial charge in [0.15, 0.2) is 0 Å². The van der Waals surface area contributed by atoms with Gasteiger partial charge in [0.25, 0.3) is 0 Å². The van der Waals surface area contributed by atoms with Crippen LogP contribution in [0.3, 0.4) is 0 Å². The van der Waals surface area contributed by atoms with Gasteiger partial charge in [-0.05, 0) is 24.1 Å². The molecule has 0 unspecified atom stereocenters. The first-order valence-electron chi connectivity index (χ1n) is 6.04. The molecule has 0 aliphatic carbocycles. The molecule has 0 spiro atoms. The van der Waals surface area contributed by atoms with Gasteiger partial charge in [0.05, 0.1) is 20.8 Å². The molecule has 0 heterocycles. The smallest absolute Gasteiger partial charge is 0.224 e. The topological polar surface area (TPSA) is 29.1 Å². The standard InChI is InChI=1S/C15H12Cl3NO/c16-11-8-13(18)14(9-12(11)17)19-15(20)7-6-10-4-2-1-3-5-10/h1-5,8-9H,6-7H2,(H,19,20). The van der Waals surface area contributed by atoms with Crippen LogP contribution in [0.5, 0.6) is 0 Å². The van der Waals surface area contributed by atoms with Gasteiger partial charge in [0.1, 0.15) is 0 Å². The van der Waals surface area contributed by atoms with Crippen molar-refractivity contribution in [3.8, 4) is 0 Å². The Bertz CT molecular complexity index is 614. The van der Waals surface area contributed by atoms with Crippen molar-refractivity contribution in [3.05, 3.63) is 63.1 Å². The SMILES string of the molecule is O=C(CCc1ccccc1)Nc1cc(Cl)c(Cl)cc1Cl. The summed E-state index contributed by atoms with van der Waals surface area (Å²) in [6.45, 7) is 0. The quantitative estimate of drug-likeness (QED) is 0.766. The van der Waals surface area contributed by atoms with Gasteiger partial charge in [-0.25, -0.2) is 0 Å². The van der Waals surface area contributed by atoms with Gasteiger partial charge in [-0.15, -0.1) is 0 Å². The van der Waals surface area contributed by atoms with Gasteiger partial charge in [-0.1, -0.05) is 65.1 Å². The summed E-state index contributed by atoms with van der Waals surface area (Å²) < 4.78 is 0. The van der Waals surface area contributed by atoms with Crippen molar-refractivity contribution < 1.29 is 4.79 Å². The Morgan fingerprint density at radius 2 is 1.60 bits per heavy atom. The van der Waals surface area contributed by atoms with Crippen molar-refractivity contribution in [1.82, 2.24) is 0 Å². The molecule has 0 aromatic heterocycles. The van der Waals surface area contributed by atoms with E-state index >= 15 is 0 Å². The summed E-state index contributed by atoms with van der Waals surface area (Å²) in [7, 11) is 0. The van der Waals surface area contributed by atoms with Gasteiger partial charge >= 0.3 is 0 Å². The van der Waals surface area contributed by atoms with E-state index in [1.54, 1.807) is 6.07 Å². The zero-order chi connectivity index (χ0) is 14.5. The predicted molar refractivity (Wildman–Crippen MR) is 84.9 cm³/mol. The molecule has 0 radical (unpaired) electrons. The van der Waals surface area contributed by atoms with Crippen LogP contribution in [0, 0.1) is 0 Å². The molecule has 5 heteroatoms. The Kier molecular flexibility index (Phi) is 5.30. The van der Waals surface area contributed by atoms with Crippen LogP contribution < -0.4 is 5.32 Å². The van der Waals surface area contributed by atoms with Crippen LogP contribution in [0.15, 0.2) is 42.5 Å². The minimum atomic E-state index is -0.117. The number of hydrogen-bond acceptors (Lipinski definition) is 1. The average Bonchev–Trinajstić information content (AvgIpc) is 2.44. The molecular weight excluding hydrogens is 317 g/mol. The molecule has 104 valence electrons. The lowest BCUT2D eigenvalue weighted by atomic mass is 10.1. The summed E-state index contributed by atoms with van der Waals surface area (Å²) in [6, 6.07) is 12.9. The number of carbonyl (C=O) groups excluding carboxylic acids is 1. The van der Waals surface area contributed by atoms with Crippen LogP contribution in [0.1, 0.15) is 12.0 Å². The maximum absolute atomic E-state index is 11.9. The summed E-state index contributed by atoms with van der Waals surface area (Å²) in [5.41, 5.74) is 1.59. The lowest BCUT2D eigenvalue weighted by Gasteiger charge is -2.08. The lowest BCUT2D eigenvalue weighted by Crippen LogP contribution is -2.12. The molecule has 2 aromatic carbocycles. The van der Waals surface area contributed by atoms with E-state index in [0.29, 0.717) is 33.6 Å². The fraction of sp³-hybridized carbons (Fsp3) is 0.133. The van der Waals surface area contributed by atoms with Crippen LogP contribution in [-0.2, 0) is 11.2 Å². The molecule has 2 aromatic rings. The van der Waals surface area contributed by atoms with E-state index in [2.05, 4.69) is 5.32 Å². The Morgan fingerprint density at radius 1 is 0.950 bits per heavy atom. The number of aryl methyl sites for hydroxylation is 1. The second-order valence-electron chi connectivity index (χ2n) is 4.28. The first-order chi connectivity index (χ1) is 9.56. The maximum atomic E-state index is 11.9. The number of amides is 1. The zero-order valence-corrected chi connectivity index (χ0v) is 12.8. The van der Waals surface area contributed by atoms with Gasteiger partial charge in [-0.3, -0.25) is 4.79 Å². The summed E-state index contributed by atoms with van der Waals surface area (Å²) in [5, 5.41) is 3.82. The van der Waals surface area contributed by atoms with Crippen LogP contribution in [0.2, 0.25) is 15.1 Å². The van der Waals surface area contributed by atoms with E-state index in [0.717, 1.165) is 5.56 Å². The molecule has 2 rings (SSSR count). The molecule has 2 nitrogen and oxygen atoms in total. The highest BCUT2D eigenvalue weighted by molar-refractivity contribution is 6.44. The molecule has 0 aliphatic heterocycles. The number of nitrogens with one attached hydrogen (secondary N) is 1. The highest BCUT2D eigenvalue weighted by atomic mass is 35.5. The maximum Gasteiger partial charge on any atom is 0.224 e. The summed E-state index contributed by atoms with van der Waals surface area (Å²) in [5.74, 6) is -0.117. The molecule has 1 amide bonds. The van der Waals surface area contributed by atoms with E-state index in [-0.39, 0.29) is 5.91 Å². The molecule has 0 saturated carbocycles. The molecule has 0 aliphatic rings. The van der Waals surface area contributed by atoms with Crippen molar-refractivity contribution >= 4 is 46.4 Å². The summed E-state index contributed by atoms with van der Waals surface area (Å²) in [6.07, 6.45) is 1.05. The Labute approximate surface area is 132 Å². The predicted octanol–water partition coefficient (Wildman–Crippen LogP) is 5.22. The highest BCUT2D eigenvalue weighted by Gasteiger charge is 2.09. The van der Waals surface area contributed by atoms with Gasteiger partial charge < -0.3 is 5.32 Å². The van der Waals surface area contributed by atoms with Crippen molar-refractivity contribution in [3.63, 3.8) is 0 Å². The van der Waals surface area contributed by atoms with Crippen LogP contribution >= 0.6 is 34.8 Å². The third kappa shape index (κ3) is 4.14. The second kappa shape index (κ2) is 6.98. The fourth-order valence-electron chi connectivity index (χ4n) is 1.73. The van der Waals surface area contributed by atoms with E-state index in [1.165, 1.54) is 6.07 Å². The Balaban J connectivity index is 1.97. The fourth-order valence-corrected chi connectivity index (χ4v) is 2.33. The largest absolute Gasteiger partial charge is 0.325 e. The Hall–Kier alpha value is -1.22. The van der Waals surface area contributed by atoms with Gasteiger partial charge in [0.2, 0.25) is 5.91 Å². The molecule has 0 atom stereocenters. The number of carbonyl (C=O) groups is 1. The molecule has 20 heavy (non-hydrogen) atoms. The van der Waals surface area contributed by atoms with E-state index in [9.17, 15) is 4.79 Å². The summed E-state index contributed by atoms with van der Waals surface area (Å²) >= 11 is 17.7. The van der Waals surface area contributed by atoms with Crippen molar-refractivity contribution in [2.75, 3.05) is 5.32 Å². The van der Waals surface area contributed by atoms with Crippen LogP contribution in [0.4, 0.5) is 5.69 Å². The zero-order valence-electron chi connectivity index (χ0n) is 10.5. The number of rotatable bonds is 4. The number of benzene rings is 2. The first-order valence-corrected chi connectivity index (χ1v) is 7.18. The molecule has 0 bridgehead atoms. The Morgan fingerprint density at radius 3 is 2.30 bits per heavy atom. The number of anilines is 1. The average molecular weight is 329 g/mol. The minimum Gasteiger partial charge on any atom is -0.325 e. The van der Waals surface area contributed by atoms with E-state index in [4.69, 9.17) is 34.8 Å². The molecule has 1 N–H and O–H groups in total. The number of hydrogen-bond donors (Lipinski definition) is 1. The van der Waals surface area contributed by atoms with E-state index < -0.39 is 0 Å². The normalized spacial score (nSPS) is 10.3. The first kappa shape index (κ1) is 15.2. The van der Waals surface area contributed by atoms with Gasteiger partial charge in [0, 0.05) is 6.42 Å². The summed E-state index contributed by atoms with van der Waals surface area (Å²) in [4.78, 5) is 11.9. The molecule has 0 fully saturated rings. The third-order valence-corrected chi connectivity index (χ3v) is 3.80. The van der Waals surface area contributed by atoms with Crippen molar-refractivity contribution in [1.29, 1.82) is 0 Å². The van der Waals surface area contributed by atoms with Crippen molar-refractivity contribution in [2.24, 2.45) is 0 Å². The molecule has 0 saturated heterocycles. The number of halogens is 3. The third-order valence-electron chi connectivity index (χ3n) is 2.77. The molecular formula is C15H12Cl3NO. The second-order valence-corrected chi connectivity index (χ2v) is 5.50.